The molecule has 11 heteroatoms. The van der Waals surface area contributed by atoms with Gasteiger partial charge in [0.1, 0.15) is 36.5 Å². The number of hydroxylamine groups is 3. The molecule has 0 spiro atoms. The van der Waals surface area contributed by atoms with Crippen LogP contribution in [-0.4, -0.2) is 51.6 Å². The number of nitrogens with two attached hydrogens (primary N) is 1. The number of fused-ring (bicyclic) bond motifs is 1. The van der Waals surface area contributed by atoms with Crippen LogP contribution in [-0.2, 0) is 9.63 Å². The summed E-state index contributed by atoms with van der Waals surface area (Å²) in [5.74, 6) is -3.67. The molecule has 1 aliphatic heterocycles. The van der Waals surface area contributed by atoms with E-state index in [0.717, 1.165) is 12.5 Å². The van der Waals surface area contributed by atoms with Gasteiger partial charge in [0.15, 0.2) is 0 Å². The molecule has 4 rings (SSSR count). The second-order valence-corrected chi connectivity index (χ2v) is 7.63. The molecule has 29 heavy (non-hydrogen) atoms. The van der Waals surface area contributed by atoms with Crippen LogP contribution in [0.4, 0.5) is 17.6 Å². The Morgan fingerprint density at radius 3 is 2.55 bits per heavy atom. The minimum absolute atomic E-state index is 0.0695. The van der Waals surface area contributed by atoms with Crippen molar-refractivity contribution < 1.29 is 36.6 Å². The first-order chi connectivity index (χ1) is 13.6. The Morgan fingerprint density at radius 1 is 1.24 bits per heavy atom. The number of primary amides is 1. The summed E-state index contributed by atoms with van der Waals surface area (Å²) in [6.07, 6.45) is -0.898. The number of hydrogen-bond donors (Lipinski definition) is 1. The number of halogens is 4. The number of aromatic nitrogens is 2. The van der Waals surface area contributed by atoms with Gasteiger partial charge in [-0.15, -0.1) is 4.65 Å². The second kappa shape index (κ2) is 6.68. The van der Waals surface area contributed by atoms with Crippen LogP contribution in [0.2, 0.25) is 0 Å². The lowest BCUT2D eigenvalue weighted by molar-refractivity contribution is -1.10. The Morgan fingerprint density at radius 2 is 1.97 bits per heavy atom. The summed E-state index contributed by atoms with van der Waals surface area (Å²) in [7, 11) is 0. The largest absolute Gasteiger partial charge is 0.497 e. The van der Waals surface area contributed by atoms with Gasteiger partial charge in [-0.25, -0.2) is 9.18 Å². The number of amides is 1. The van der Waals surface area contributed by atoms with Gasteiger partial charge in [-0.1, -0.05) is 0 Å². The smallest absolute Gasteiger partial charge is 0.366 e. The van der Waals surface area contributed by atoms with Crippen LogP contribution in [0.25, 0.3) is 10.9 Å². The van der Waals surface area contributed by atoms with Crippen molar-refractivity contribution >= 4 is 22.8 Å². The Labute approximate surface area is 162 Å². The molecule has 2 atom stereocenters. The molecule has 0 bridgehead atoms. The lowest BCUT2D eigenvalue weighted by atomic mass is 9.91. The summed E-state index contributed by atoms with van der Waals surface area (Å²) in [4.78, 5) is 28.1. The van der Waals surface area contributed by atoms with E-state index in [9.17, 15) is 27.2 Å². The van der Waals surface area contributed by atoms with Gasteiger partial charge >= 0.3 is 12.1 Å². The summed E-state index contributed by atoms with van der Waals surface area (Å²) < 4.78 is 53.3. The first-order valence-corrected chi connectivity index (χ1v) is 9.25. The quantitative estimate of drug-likeness (QED) is 0.614. The van der Waals surface area contributed by atoms with E-state index >= 15 is 0 Å². The molecule has 2 aliphatic rings. The molecule has 1 aliphatic carbocycles. The molecule has 1 saturated carbocycles. The predicted octanol–water partition coefficient (Wildman–Crippen LogP) is 2.61. The lowest BCUT2D eigenvalue weighted by Crippen LogP contribution is -2.58. The van der Waals surface area contributed by atoms with Crippen molar-refractivity contribution in [2.75, 3.05) is 13.1 Å². The number of rotatable bonds is 4. The van der Waals surface area contributed by atoms with E-state index in [4.69, 9.17) is 10.6 Å². The van der Waals surface area contributed by atoms with Gasteiger partial charge in [0, 0.05) is 30.8 Å². The van der Waals surface area contributed by atoms with Gasteiger partial charge in [0.05, 0.1) is 5.56 Å². The van der Waals surface area contributed by atoms with Gasteiger partial charge in [-0.3, -0.25) is 14.3 Å². The monoisotopic (exact) mass is 415 g/mol. The molecule has 156 valence electrons. The summed E-state index contributed by atoms with van der Waals surface area (Å²) in [6.45, 7) is 0.346. The summed E-state index contributed by atoms with van der Waals surface area (Å²) in [5.41, 5.74) is 5.45. The maximum atomic E-state index is 13.8. The van der Waals surface area contributed by atoms with Crippen LogP contribution in [0.1, 0.15) is 42.1 Å². The number of hydrogen-bond acceptors (Lipinski definition) is 4. The Balaban J connectivity index is 1.64. The molecule has 2 unspecified atom stereocenters. The number of benzene rings is 1. The fourth-order valence-electron chi connectivity index (χ4n) is 4.18. The number of quaternary nitrogens is 1. The van der Waals surface area contributed by atoms with Crippen LogP contribution in [0.5, 0.6) is 0 Å². The van der Waals surface area contributed by atoms with Crippen molar-refractivity contribution in [3.8, 4) is 0 Å². The normalized spacial score (nSPS) is 25.2. The average Bonchev–Trinajstić information content (AvgIpc) is 3.15. The average molecular weight is 415 g/mol. The van der Waals surface area contributed by atoms with Gasteiger partial charge in [-0.2, -0.15) is 18.3 Å². The second-order valence-electron chi connectivity index (χ2n) is 7.63. The number of nitrogens with zero attached hydrogens (tertiary/aromatic N) is 3. The van der Waals surface area contributed by atoms with Crippen molar-refractivity contribution in [1.82, 2.24) is 9.78 Å². The highest BCUT2D eigenvalue weighted by Crippen LogP contribution is 2.40. The fourth-order valence-corrected chi connectivity index (χ4v) is 4.18. The third-order valence-corrected chi connectivity index (χ3v) is 5.83. The van der Waals surface area contributed by atoms with Crippen LogP contribution < -0.4 is 5.73 Å². The highest BCUT2D eigenvalue weighted by Gasteiger charge is 2.55. The highest BCUT2D eigenvalue weighted by molar-refractivity contribution is 6.04. The topological polar surface area (TPSA) is 87.2 Å². The fraction of sp³-hybridized carbons (Fsp3) is 0.500. The molecule has 2 fully saturated rings. The highest BCUT2D eigenvalue weighted by atomic mass is 19.4. The molecule has 1 saturated heterocycles. The Bertz CT molecular complexity index is 985. The zero-order chi connectivity index (χ0) is 21.0. The van der Waals surface area contributed by atoms with Crippen molar-refractivity contribution in [2.45, 2.75) is 43.9 Å². The lowest BCUT2D eigenvalue weighted by Gasteiger charge is -2.41. The maximum Gasteiger partial charge on any atom is 0.497 e. The summed E-state index contributed by atoms with van der Waals surface area (Å²) >= 11 is 0. The van der Waals surface area contributed by atoms with Crippen LogP contribution >= 0.6 is 0 Å². The molecule has 2 heterocycles. The van der Waals surface area contributed by atoms with E-state index in [0.29, 0.717) is 24.6 Å². The molecule has 1 aromatic heterocycles. The first-order valence-electron chi connectivity index (χ1n) is 9.25. The molecule has 1 amide bonds. The summed E-state index contributed by atoms with van der Waals surface area (Å²) in [6, 6.07) is 1.65. The SMILES string of the molecule is NC(=O)c1cc(F)cc2cn(C3CC[N+](OC(=O)C(F)(F)F)(C4CCC4)C3)nc12. The number of alkyl halides is 3. The van der Waals surface area contributed by atoms with Gasteiger partial charge in [0.25, 0.3) is 5.91 Å². The molecule has 2 N–H and O–H groups in total. The van der Waals surface area contributed by atoms with Crippen molar-refractivity contribution in [3.63, 3.8) is 0 Å². The molecule has 1 aromatic carbocycles. The van der Waals surface area contributed by atoms with Gasteiger partial charge in [-0.05, 0) is 18.6 Å². The predicted molar refractivity (Wildman–Crippen MR) is 91.6 cm³/mol. The van der Waals surface area contributed by atoms with Crippen molar-refractivity contribution in [2.24, 2.45) is 5.73 Å². The zero-order valence-corrected chi connectivity index (χ0v) is 15.3. The molecular formula is C18H19F4N4O3+. The Kier molecular flexibility index (Phi) is 4.52. The minimum atomic E-state index is -5.07. The summed E-state index contributed by atoms with van der Waals surface area (Å²) in [5, 5.41) is 4.69. The molecule has 2 aromatic rings. The van der Waals surface area contributed by atoms with Gasteiger partial charge < -0.3 is 5.73 Å². The van der Waals surface area contributed by atoms with E-state index in [2.05, 4.69) is 5.10 Å². The van der Waals surface area contributed by atoms with E-state index < -0.39 is 28.5 Å². The van der Waals surface area contributed by atoms with Crippen LogP contribution in [0.15, 0.2) is 18.3 Å². The van der Waals surface area contributed by atoms with E-state index in [1.54, 1.807) is 0 Å². The Hall–Kier alpha value is -2.69. The number of likely N-dealkylation sites (tertiary alicyclic amines) is 1. The van der Waals surface area contributed by atoms with E-state index in [1.165, 1.54) is 16.9 Å². The van der Waals surface area contributed by atoms with Crippen LogP contribution in [0, 0.1) is 5.82 Å². The van der Waals surface area contributed by atoms with Gasteiger partial charge in [0.2, 0.25) is 0 Å². The number of carbonyl (C=O) groups excluding carboxylic acids is 2. The first kappa shape index (κ1) is 19.6. The number of carbonyl (C=O) groups is 2. The van der Waals surface area contributed by atoms with Crippen molar-refractivity contribution in [1.29, 1.82) is 0 Å². The molecule has 0 radical (unpaired) electrons. The maximum absolute atomic E-state index is 13.8. The van der Waals surface area contributed by atoms with E-state index in [1.807, 2.05) is 0 Å². The third kappa shape index (κ3) is 3.43. The zero-order valence-electron chi connectivity index (χ0n) is 15.3. The third-order valence-electron chi connectivity index (χ3n) is 5.83. The van der Waals surface area contributed by atoms with E-state index in [-0.39, 0.29) is 36.3 Å². The standard InChI is InChI=1S/C18H18F4N4O3/c19-11-6-10-8-25(24-15(10)14(7-11)16(23)27)12-4-5-26(9-12,13-2-1-3-13)29-17(28)18(20,21)22/h6-8,12-13H,1-5,9H2,(H-,23,27)/p+1. The van der Waals surface area contributed by atoms with Crippen molar-refractivity contribution in [3.05, 3.63) is 29.7 Å². The van der Waals surface area contributed by atoms with Crippen LogP contribution in [0.3, 0.4) is 0 Å². The molecular weight excluding hydrogens is 396 g/mol. The minimum Gasteiger partial charge on any atom is -0.366 e. The molecule has 7 nitrogen and oxygen atoms in total.